The van der Waals surface area contributed by atoms with Crippen molar-refractivity contribution in [1.29, 1.82) is 0 Å². The monoisotopic (exact) mass is 318 g/mol. The molecule has 0 heterocycles. The van der Waals surface area contributed by atoms with Crippen LogP contribution in [0.25, 0.3) is 0 Å². The van der Waals surface area contributed by atoms with E-state index in [0.717, 1.165) is 0 Å². The highest BCUT2D eigenvalue weighted by Gasteiger charge is 2.19. The van der Waals surface area contributed by atoms with E-state index < -0.39 is 6.10 Å². The average Bonchev–Trinajstić information content (AvgIpc) is 2.82. The molecule has 0 radical (unpaired) electrons. The second-order valence-corrected chi connectivity index (χ2v) is 6.59. The molecule has 0 saturated heterocycles. The van der Waals surface area contributed by atoms with E-state index >= 15 is 0 Å². The Morgan fingerprint density at radius 3 is 2.82 bits per heavy atom. The largest absolute Gasteiger partial charge is 0.387 e. The van der Waals surface area contributed by atoms with Crippen molar-refractivity contribution in [3.8, 4) is 0 Å². The van der Waals surface area contributed by atoms with Crippen LogP contribution in [0.15, 0.2) is 22.7 Å². The molecule has 2 rings (SSSR count). The van der Waals surface area contributed by atoms with Gasteiger partial charge in [-0.15, -0.1) is 0 Å². The van der Waals surface area contributed by atoms with Gasteiger partial charge in [-0.3, -0.25) is 0 Å². The van der Waals surface area contributed by atoms with Gasteiger partial charge in [-0.2, -0.15) is 11.8 Å². The molecule has 1 atom stereocenters. The Morgan fingerprint density at radius 2 is 2.12 bits per heavy atom. The van der Waals surface area contributed by atoms with Crippen LogP contribution in [0.2, 0.25) is 0 Å². The van der Waals surface area contributed by atoms with Crippen LogP contribution in [0.3, 0.4) is 0 Å². The van der Waals surface area contributed by atoms with Gasteiger partial charge in [-0.25, -0.2) is 4.39 Å². The van der Waals surface area contributed by atoms with Gasteiger partial charge in [0, 0.05) is 16.6 Å². The van der Waals surface area contributed by atoms with Crippen molar-refractivity contribution in [3.63, 3.8) is 0 Å². The molecule has 0 bridgehead atoms. The van der Waals surface area contributed by atoms with Crippen molar-refractivity contribution >= 4 is 27.7 Å². The van der Waals surface area contributed by atoms with Crippen LogP contribution in [0.5, 0.6) is 0 Å². The molecular weight excluding hydrogens is 303 g/mol. The maximum Gasteiger partial charge on any atom is 0.143 e. The zero-order chi connectivity index (χ0) is 12.3. The van der Waals surface area contributed by atoms with Gasteiger partial charge in [0.1, 0.15) is 5.82 Å². The van der Waals surface area contributed by atoms with Crippen molar-refractivity contribution in [2.24, 2.45) is 0 Å². The number of aliphatic hydroxyl groups excluding tert-OH is 1. The third kappa shape index (κ3) is 3.46. The van der Waals surface area contributed by atoms with Gasteiger partial charge in [0.2, 0.25) is 0 Å². The molecule has 4 heteroatoms. The van der Waals surface area contributed by atoms with E-state index in [9.17, 15) is 9.50 Å². The first-order chi connectivity index (χ1) is 8.18. The Hall–Kier alpha value is -0.0600. The fraction of sp³-hybridized carbons (Fsp3) is 0.538. The van der Waals surface area contributed by atoms with Gasteiger partial charge in [-0.05, 0) is 34.8 Å². The molecule has 1 aliphatic carbocycles. The zero-order valence-corrected chi connectivity index (χ0v) is 11.9. The predicted molar refractivity (Wildman–Crippen MR) is 73.8 cm³/mol. The summed E-state index contributed by atoms with van der Waals surface area (Å²) in [5, 5.41) is 10.7. The zero-order valence-electron chi connectivity index (χ0n) is 9.53. The SMILES string of the molecule is OC(CSC1CCCC1)c1cccc(Br)c1F. The van der Waals surface area contributed by atoms with E-state index in [2.05, 4.69) is 15.9 Å². The van der Waals surface area contributed by atoms with Crippen LogP contribution in [-0.2, 0) is 0 Å². The van der Waals surface area contributed by atoms with Gasteiger partial charge in [0.15, 0.2) is 0 Å². The molecule has 0 aromatic heterocycles. The van der Waals surface area contributed by atoms with E-state index in [4.69, 9.17) is 0 Å². The fourth-order valence-corrected chi connectivity index (χ4v) is 3.83. The quantitative estimate of drug-likeness (QED) is 0.893. The minimum atomic E-state index is -0.710. The lowest BCUT2D eigenvalue weighted by atomic mass is 10.1. The van der Waals surface area contributed by atoms with Crippen molar-refractivity contribution in [1.82, 2.24) is 0 Å². The summed E-state index contributed by atoms with van der Waals surface area (Å²) in [6, 6.07) is 5.06. The number of halogens is 2. The summed E-state index contributed by atoms with van der Waals surface area (Å²) in [7, 11) is 0. The Morgan fingerprint density at radius 1 is 1.41 bits per heavy atom. The summed E-state index contributed by atoms with van der Waals surface area (Å²) >= 11 is 4.91. The Bertz CT molecular complexity index is 380. The summed E-state index contributed by atoms with van der Waals surface area (Å²) < 4.78 is 14.2. The molecule has 1 unspecified atom stereocenters. The lowest BCUT2D eigenvalue weighted by Gasteiger charge is -2.15. The van der Waals surface area contributed by atoms with E-state index in [1.807, 2.05) is 0 Å². The molecule has 0 aliphatic heterocycles. The summed E-state index contributed by atoms with van der Waals surface area (Å²) in [5.74, 6) is 0.241. The highest BCUT2D eigenvalue weighted by molar-refractivity contribution is 9.10. The number of hydrogen-bond donors (Lipinski definition) is 1. The fourth-order valence-electron chi connectivity index (χ4n) is 2.15. The van der Waals surface area contributed by atoms with Crippen molar-refractivity contribution < 1.29 is 9.50 Å². The van der Waals surface area contributed by atoms with Gasteiger partial charge in [-0.1, -0.05) is 25.0 Å². The summed E-state index contributed by atoms with van der Waals surface area (Å²) in [4.78, 5) is 0. The summed E-state index contributed by atoms with van der Waals surface area (Å²) in [5.41, 5.74) is 0.393. The van der Waals surface area contributed by atoms with Gasteiger partial charge in [0.25, 0.3) is 0 Å². The van der Waals surface area contributed by atoms with E-state index in [1.165, 1.54) is 25.7 Å². The van der Waals surface area contributed by atoms with E-state index in [-0.39, 0.29) is 5.82 Å². The van der Waals surface area contributed by atoms with Crippen molar-refractivity contribution in [2.75, 3.05) is 5.75 Å². The Kier molecular flexibility index (Phi) is 4.88. The molecular formula is C13H16BrFOS. The molecule has 1 aliphatic rings. The minimum Gasteiger partial charge on any atom is -0.387 e. The average molecular weight is 319 g/mol. The van der Waals surface area contributed by atoms with Crippen LogP contribution in [0.4, 0.5) is 4.39 Å². The summed E-state index contributed by atoms with van der Waals surface area (Å²) in [6.45, 7) is 0. The molecule has 17 heavy (non-hydrogen) atoms. The second-order valence-electron chi connectivity index (χ2n) is 4.40. The van der Waals surface area contributed by atoms with Crippen molar-refractivity contribution in [2.45, 2.75) is 37.0 Å². The molecule has 1 aromatic carbocycles. The number of benzene rings is 1. The first kappa shape index (κ1) is 13.4. The highest BCUT2D eigenvalue weighted by atomic mass is 79.9. The maximum atomic E-state index is 13.7. The van der Waals surface area contributed by atoms with E-state index in [1.54, 1.807) is 30.0 Å². The smallest absolute Gasteiger partial charge is 0.143 e. The Labute approximate surface area is 114 Å². The first-order valence-electron chi connectivity index (χ1n) is 5.92. The third-order valence-electron chi connectivity index (χ3n) is 3.13. The van der Waals surface area contributed by atoms with Crippen LogP contribution in [-0.4, -0.2) is 16.1 Å². The molecule has 1 nitrogen and oxygen atoms in total. The number of aliphatic hydroxyl groups is 1. The molecule has 94 valence electrons. The van der Waals surface area contributed by atoms with E-state index in [0.29, 0.717) is 21.0 Å². The number of hydrogen-bond acceptors (Lipinski definition) is 2. The predicted octanol–water partition coefficient (Wildman–Crippen LogP) is 4.30. The highest BCUT2D eigenvalue weighted by Crippen LogP contribution is 2.33. The first-order valence-corrected chi connectivity index (χ1v) is 7.76. The third-order valence-corrected chi connectivity index (χ3v) is 5.20. The van der Waals surface area contributed by atoms with Crippen LogP contribution >= 0.6 is 27.7 Å². The van der Waals surface area contributed by atoms with Gasteiger partial charge in [0.05, 0.1) is 10.6 Å². The van der Waals surface area contributed by atoms with Crippen LogP contribution in [0, 0.1) is 5.82 Å². The molecule has 0 amide bonds. The van der Waals surface area contributed by atoms with Crippen molar-refractivity contribution in [3.05, 3.63) is 34.1 Å². The minimum absolute atomic E-state index is 0.341. The normalized spacial score (nSPS) is 18.5. The molecule has 1 aromatic rings. The Balaban J connectivity index is 1.94. The second kappa shape index (κ2) is 6.21. The topological polar surface area (TPSA) is 20.2 Å². The van der Waals surface area contributed by atoms with Crippen LogP contribution < -0.4 is 0 Å². The van der Waals surface area contributed by atoms with Gasteiger partial charge >= 0.3 is 0 Å². The lowest BCUT2D eigenvalue weighted by Crippen LogP contribution is -2.07. The molecule has 1 N–H and O–H groups in total. The maximum absolute atomic E-state index is 13.7. The molecule has 0 spiro atoms. The number of rotatable bonds is 4. The molecule has 1 fully saturated rings. The summed E-state index contributed by atoms with van der Waals surface area (Å²) in [6.07, 6.45) is 4.34. The van der Waals surface area contributed by atoms with Gasteiger partial charge < -0.3 is 5.11 Å². The lowest BCUT2D eigenvalue weighted by molar-refractivity contribution is 0.198. The number of thioether (sulfide) groups is 1. The molecule has 1 saturated carbocycles. The van der Waals surface area contributed by atoms with Crippen LogP contribution in [0.1, 0.15) is 37.4 Å². The standard InChI is InChI=1S/C13H16BrFOS/c14-11-7-3-6-10(13(11)15)12(16)8-17-9-4-1-2-5-9/h3,6-7,9,12,16H,1-2,4-5,8H2.